The maximum absolute atomic E-state index is 11.5. The lowest BCUT2D eigenvalue weighted by atomic mass is 10.3. The van der Waals surface area contributed by atoms with Gasteiger partial charge in [-0.25, -0.2) is 4.68 Å². The van der Waals surface area contributed by atoms with E-state index in [9.17, 15) is 4.79 Å². The number of nitrogens with zero attached hydrogens (tertiary/aromatic N) is 2. The molecule has 2 heterocycles. The number of hydrogen-bond acceptors (Lipinski definition) is 3. The molecule has 0 saturated heterocycles. The van der Waals surface area contributed by atoms with Crippen LogP contribution in [0.25, 0.3) is 10.9 Å². The Kier molecular flexibility index (Phi) is 3.67. The molecule has 0 fully saturated rings. The highest BCUT2D eigenvalue weighted by Crippen LogP contribution is 2.10. The van der Waals surface area contributed by atoms with Gasteiger partial charge in [-0.05, 0) is 12.1 Å². The summed E-state index contributed by atoms with van der Waals surface area (Å²) >= 11 is 0. The van der Waals surface area contributed by atoms with Crippen LogP contribution in [0.4, 0.5) is 0 Å². The van der Waals surface area contributed by atoms with E-state index in [-0.39, 0.29) is 5.56 Å². The quantitative estimate of drug-likeness (QED) is 0.665. The molecular weight excluding hydrogens is 246 g/mol. The van der Waals surface area contributed by atoms with Crippen molar-refractivity contribution < 1.29 is 4.74 Å². The largest absolute Gasteiger partial charge is 0.360 e. The Morgan fingerprint density at radius 2 is 2.22 bits per heavy atom. The summed E-state index contributed by atoms with van der Waals surface area (Å²) in [5.41, 5.74) is 0.701. The van der Waals surface area contributed by atoms with Crippen LogP contribution in [0.5, 0.6) is 0 Å². The molecule has 0 aromatic carbocycles. The van der Waals surface area contributed by atoms with Gasteiger partial charge < -0.3 is 9.72 Å². The van der Waals surface area contributed by atoms with Crippen molar-refractivity contribution in [2.45, 2.75) is 32.4 Å². The minimum absolute atomic E-state index is 0.110. The van der Waals surface area contributed by atoms with E-state index in [1.165, 1.54) is 0 Å². The van der Waals surface area contributed by atoms with E-state index in [4.69, 9.17) is 4.74 Å². The van der Waals surface area contributed by atoms with Crippen molar-refractivity contribution in [3.8, 4) is 0 Å². The number of aromatic amines is 1. The van der Waals surface area contributed by atoms with Crippen LogP contribution < -0.4 is 5.56 Å². The Hall–Kier alpha value is -1.40. The lowest BCUT2D eigenvalue weighted by molar-refractivity contribution is 0.0817. The van der Waals surface area contributed by atoms with Crippen molar-refractivity contribution in [1.29, 1.82) is 0 Å². The molecule has 0 unspecified atom stereocenters. The van der Waals surface area contributed by atoms with E-state index in [1.807, 2.05) is 6.07 Å². The summed E-state index contributed by atoms with van der Waals surface area (Å²) in [5.74, 6) is 0. The van der Waals surface area contributed by atoms with Crippen molar-refractivity contribution >= 4 is 19.0 Å². The van der Waals surface area contributed by atoms with Crippen molar-refractivity contribution in [3.63, 3.8) is 0 Å². The zero-order chi connectivity index (χ0) is 13.2. The standard InChI is InChI=1S/C12H19N3O2Si/c1-18(2,3)7-6-17-9-15-11-4-5-13-12(16)10(11)8-14-15/h4-5,8H,6-7,9H2,1-3H3,(H,13,16). The summed E-state index contributed by atoms with van der Waals surface area (Å²) in [6.45, 7) is 8.11. The second-order valence-electron chi connectivity index (χ2n) is 5.60. The van der Waals surface area contributed by atoms with E-state index in [2.05, 4.69) is 29.7 Å². The van der Waals surface area contributed by atoms with Crippen LogP contribution in [-0.2, 0) is 11.5 Å². The van der Waals surface area contributed by atoms with Crippen LogP contribution in [0.2, 0.25) is 25.7 Å². The number of aromatic nitrogens is 3. The fraction of sp³-hybridized carbons (Fsp3) is 0.500. The van der Waals surface area contributed by atoms with Crippen molar-refractivity contribution in [2.75, 3.05) is 6.61 Å². The van der Waals surface area contributed by atoms with Gasteiger partial charge in [0.05, 0.1) is 17.1 Å². The average Bonchev–Trinajstić information content (AvgIpc) is 2.68. The zero-order valence-corrected chi connectivity index (χ0v) is 12.1. The van der Waals surface area contributed by atoms with Crippen LogP contribution >= 0.6 is 0 Å². The molecule has 0 radical (unpaired) electrons. The number of pyridine rings is 1. The lowest BCUT2D eigenvalue weighted by Gasteiger charge is -2.15. The Labute approximate surface area is 107 Å². The molecule has 0 saturated carbocycles. The van der Waals surface area contributed by atoms with Gasteiger partial charge in [0.1, 0.15) is 6.73 Å². The van der Waals surface area contributed by atoms with Gasteiger partial charge in [-0.3, -0.25) is 4.79 Å². The van der Waals surface area contributed by atoms with Crippen molar-refractivity contribution in [1.82, 2.24) is 14.8 Å². The minimum atomic E-state index is -1.05. The first kappa shape index (κ1) is 13.0. The SMILES string of the molecule is C[Si](C)(C)CCOCn1ncc2c(=O)[nH]ccc21. The Balaban J connectivity index is 2.01. The van der Waals surface area contributed by atoms with Crippen molar-refractivity contribution in [2.24, 2.45) is 0 Å². The molecule has 0 aliphatic rings. The van der Waals surface area contributed by atoms with Crippen LogP contribution in [-0.4, -0.2) is 29.4 Å². The van der Waals surface area contributed by atoms with Gasteiger partial charge in [0.2, 0.25) is 0 Å². The summed E-state index contributed by atoms with van der Waals surface area (Å²) < 4.78 is 7.34. The van der Waals surface area contributed by atoms with Gasteiger partial charge in [0.15, 0.2) is 0 Å². The molecule has 98 valence electrons. The van der Waals surface area contributed by atoms with Gasteiger partial charge in [-0.2, -0.15) is 5.10 Å². The van der Waals surface area contributed by atoms with Crippen LogP contribution in [0.15, 0.2) is 23.3 Å². The Morgan fingerprint density at radius 3 is 2.94 bits per heavy atom. The third kappa shape index (κ3) is 3.08. The first-order chi connectivity index (χ1) is 8.47. The third-order valence-corrected chi connectivity index (χ3v) is 4.49. The zero-order valence-electron chi connectivity index (χ0n) is 11.1. The molecule has 0 aliphatic carbocycles. The second-order valence-corrected chi connectivity index (χ2v) is 11.2. The summed E-state index contributed by atoms with van der Waals surface area (Å²) in [5, 5.41) is 4.78. The molecule has 0 atom stereocenters. The molecule has 2 aromatic heterocycles. The van der Waals surface area contributed by atoms with Gasteiger partial charge in [0.25, 0.3) is 5.56 Å². The molecular formula is C12H19N3O2Si. The van der Waals surface area contributed by atoms with Gasteiger partial charge in [-0.15, -0.1) is 0 Å². The van der Waals surface area contributed by atoms with E-state index in [1.54, 1.807) is 17.1 Å². The molecule has 0 amide bonds. The fourth-order valence-electron chi connectivity index (χ4n) is 1.65. The maximum atomic E-state index is 11.5. The molecule has 6 heteroatoms. The number of H-pyrrole nitrogens is 1. The number of hydrogen-bond donors (Lipinski definition) is 1. The molecule has 2 rings (SSSR count). The van der Waals surface area contributed by atoms with E-state index < -0.39 is 8.07 Å². The average molecular weight is 265 g/mol. The normalized spacial score (nSPS) is 12.2. The summed E-state index contributed by atoms with van der Waals surface area (Å²) in [6, 6.07) is 2.97. The highest BCUT2D eigenvalue weighted by atomic mass is 28.3. The van der Waals surface area contributed by atoms with Gasteiger partial charge in [0, 0.05) is 20.9 Å². The Morgan fingerprint density at radius 1 is 1.44 bits per heavy atom. The highest BCUT2D eigenvalue weighted by molar-refractivity contribution is 6.76. The molecule has 1 N–H and O–H groups in total. The van der Waals surface area contributed by atoms with Crippen molar-refractivity contribution in [3.05, 3.63) is 28.8 Å². The summed E-state index contributed by atoms with van der Waals surface area (Å²) in [6.07, 6.45) is 3.21. The molecule has 0 spiro atoms. The third-order valence-electron chi connectivity index (χ3n) is 2.79. The number of fused-ring (bicyclic) bond motifs is 1. The number of rotatable bonds is 5. The monoisotopic (exact) mass is 265 g/mol. The molecule has 18 heavy (non-hydrogen) atoms. The van der Waals surface area contributed by atoms with Crippen LogP contribution in [0.1, 0.15) is 0 Å². The van der Waals surface area contributed by atoms with E-state index in [0.717, 1.165) is 18.2 Å². The van der Waals surface area contributed by atoms with Gasteiger partial charge in [-0.1, -0.05) is 19.6 Å². The van der Waals surface area contributed by atoms with Crippen LogP contribution in [0.3, 0.4) is 0 Å². The first-order valence-electron chi connectivity index (χ1n) is 6.08. The van der Waals surface area contributed by atoms with E-state index in [0.29, 0.717) is 12.1 Å². The molecule has 0 bridgehead atoms. The van der Waals surface area contributed by atoms with Crippen LogP contribution in [0, 0.1) is 0 Å². The first-order valence-corrected chi connectivity index (χ1v) is 9.79. The van der Waals surface area contributed by atoms with Gasteiger partial charge >= 0.3 is 0 Å². The predicted octanol–water partition coefficient (Wildman–Crippen LogP) is 2.04. The predicted molar refractivity (Wildman–Crippen MR) is 74.5 cm³/mol. The van der Waals surface area contributed by atoms with E-state index >= 15 is 0 Å². The minimum Gasteiger partial charge on any atom is -0.360 e. The smallest absolute Gasteiger partial charge is 0.259 e. The second kappa shape index (κ2) is 5.07. The molecule has 0 aliphatic heterocycles. The summed E-state index contributed by atoms with van der Waals surface area (Å²) in [4.78, 5) is 14.1. The molecule has 5 nitrogen and oxygen atoms in total. The highest BCUT2D eigenvalue weighted by Gasteiger charge is 2.12. The summed E-state index contributed by atoms with van der Waals surface area (Å²) in [7, 11) is -1.05. The topological polar surface area (TPSA) is 59.9 Å². The molecule has 2 aromatic rings. The number of nitrogens with one attached hydrogen (secondary N) is 1. The number of ether oxygens (including phenoxy) is 1. The Bertz CT molecular complexity index is 583. The fourth-order valence-corrected chi connectivity index (χ4v) is 2.41. The maximum Gasteiger partial charge on any atom is 0.259 e. The lowest BCUT2D eigenvalue weighted by Crippen LogP contribution is -2.22.